The van der Waals surface area contributed by atoms with Crippen LogP contribution in [0.1, 0.15) is 35.3 Å². The van der Waals surface area contributed by atoms with Gasteiger partial charge < -0.3 is 14.6 Å². The molecule has 1 aliphatic rings. The van der Waals surface area contributed by atoms with Crippen molar-refractivity contribution in [3.8, 4) is 11.5 Å². The van der Waals surface area contributed by atoms with Crippen molar-refractivity contribution in [3.63, 3.8) is 0 Å². The zero-order valence-electron chi connectivity index (χ0n) is 20.0. The molecule has 0 unspecified atom stereocenters. The molecule has 1 fully saturated rings. The molecular weight excluding hydrogens is 476 g/mol. The number of carbonyl (C=O) groups excluding carboxylic acids is 1. The van der Waals surface area contributed by atoms with Gasteiger partial charge in [0.1, 0.15) is 6.61 Å². The standard InChI is InChI=1S/C28H26N2O5S/c1-3-30-26(31)25(36-28(30)29-22-12-8-11-21(17-22)27(32)33)16-20-13-14-23(24(15-20)34-4-2)35-18-19-9-6-5-7-10-19/h5-17H,3-4,18H2,1-2H3,(H,32,33)/b25-16-,29-28?. The number of carboxylic acids is 1. The molecule has 0 bridgehead atoms. The average Bonchev–Trinajstić information content (AvgIpc) is 3.17. The first-order valence-corrected chi connectivity index (χ1v) is 12.4. The van der Waals surface area contributed by atoms with E-state index in [1.165, 1.54) is 23.9 Å². The number of ether oxygens (including phenoxy) is 2. The summed E-state index contributed by atoms with van der Waals surface area (Å²) in [5.74, 6) is 0.0494. The third-order valence-electron chi connectivity index (χ3n) is 5.32. The third kappa shape index (κ3) is 5.95. The van der Waals surface area contributed by atoms with E-state index in [1.807, 2.05) is 62.4 Å². The molecule has 1 amide bonds. The van der Waals surface area contributed by atoms with Crippen LogP contribution in [0.5, 0.6) is 11.5 Å². The lowest BCUT2D eigenvalue weighted by Crippen LogP contribution is -2.28. The fraction of sp³-hybridized carbons (Fsp3) is 0.179. The number of aliphatic imine (C=N–C) groups is 1. The Bertz CT molecular complexity index is 1320. The highest BCUT2D eigenvalue weighted by Crippen LogP contribution is 2.36. The molecule has 0 spiro atoms. The van der Waals surface area contributed by atoms with Crippen molar-refractivity contribution in [1.29, 1.82) is 0 Å². The minimum Gasteiger partial charge on any atom is -0.490 e. The minimum absolute atomic E-state index is 0.142. The molecule has 8 heteroatoms. The number of likely N-dealkylation sites (N-methyl/N-ethyl adjacent to an activating group) is 1. The van der Waals surface area contributed by atoms with Crippen LogP contribution >= 0.6 is 11.8 Å². The van der Waals surface area contributed by atoms with Gasteiger partial charge in [-0.2, -0.15) is 0 Å². The second-order valence-corrected chi connectivity index (χ2v) is 8.83. The van der Waals surface area contributed by atoms with E-state index in [-0.39, 0.29) is 11.5 Å². The molecule has 1 heterocycles. The van der Waals surface area contributed by atoms with Crippen LogP contribution in [0.25, 0.3) is 6.08 Å². The van der Waals surface area contributed by atoms with E-state index in [4.69, 9.17) is 9.47 Å². The Morgan fingerprint density at radius 2 is 1.81 bits per heavy atom. The number of benzene rings is 3. The van der Waals surface area contributed by atoms with Crippen molar-refractivity contribution in [2.24, 2.45) is 4.99 Å². The van der Waals surface area contributed by atoms with E-state index in [1.54, 1.807) is 23.1 Å². The van der Waals surface area contributed by atoms with Crippen LogP contribution < -0.4 is 9.47 Å². The zero-order valence-corrected chi connectivity index (χ0v) is 20.8. The van der Waals surface area contributed by atoms with E-state index in [0.717, 1.165) is 11.1 Å². The number of amidine groups is 1. The largest absolute Gasteiger partial charge is 0.490 e. The predicted octanol–water partition coefficient (Wildman–Crippen LogP) is 5.99. The molecule has 7 nitrogen and oxygen atoms in total. The molecule has 36 heavy (non-hydrogen) atoms. The molecule has 0 aromatic heterocycles. The van der Waals surface area contributed by atoms with Crippen LogP contribution in [-0.4, -0.2) is 40.2 Å². The van der Waals surface area contributed by atoms with Gasteiger partial charge in [-0.25, -0.2) is 9.79 Å². The summed E-state index contributed by atoms with van der Waals surface area (Å²) in [6.45, 7) is 5.12. The van der Waals surface area contributed by atoms with Crippen LogP contribution in [0, 0.1) is 0 Å². The summed E-state index contributed by atoms with van der Waals surface area (Å²) in [5, 5.41) is 9.75. The number of thioether (sulfide) groups is 1. The first kappa shape index (κ1) is 25.1. The Morgan fingerprint density at radius 1 is 1.00 bits per heavy atom. The number of rotatable bonds is 9. The smallest absolute Gasteiger partial charge is 0.335 e. The molecule has 4 rings (SSSR count). The Balaban J connectivity index is 1.58. The van der Waals surface area contributed by atoms with Crippen molar-refractivity contribution < 1.29 is 24.2 Å². The van der Waals surface area contributed by atoms with E-state index < -0.39 is 5.97 Å². The maximum absolute atomic E-state index is 13.1. The highest BCUT2D eigenvalue weighted by molar-refractivity contribution is 8.18. The first-order chi connectivity index (χ1) is 17.5. The third-order valence-corrected chi connectivity index (χ3v) is 6.33. The molecule has 1 saturated heterocycles. The fourth-order valence-corrected chi connectivity index (χ4v) is 4.64. The highest BCUT2D eigenvalue weighted by atomic mass is 32.2. The van der Waals surface area contributed by atoms with Crippen LogP contribution in [-0.2, 0) is 11.4 Å². The van der Waals surface area contributed by atoms with Gasteiger partial charge in [-0.15, -0.1) is 0 Å². The minimum atomic E-state index is -1.03. The lowest BCUT2D eigenvalue weighted by molar-refractivity contribution is -0.122. The number of carboxylic acid groups (broad SMARTS) is 1. The molecule has 184 valence electrons. The molecule has 0 atom stereocenters. The summed E-state index contributed by atoms with van der Waals surface area (Å²) in [5.41, 5.74) is 2.47. The number of aromatic carboxylic acids is 1. The zero-order chi connectivity index (χ0) is 25.5. The lowest BCUT2D eigenvalue weighted by atomic mass is 10.1. The van der Waals surface area contributed by atoms with Gasteiger partial charge >= 0.3 is 5.97 Å². The van der Waals surface area contributed by atoms with E-state index in [0.29, 0.717) is 47.0 Å². The van der Waals surface area contributed by atoms with E-state index in [2.05, 4.69) is 4.99 Å². The van der Waals surface area contributed by atoms with Gasteiger partial charge in [-0.3, -0.25) is 9.69 Å². The molecule has 3 aromatic rings. The SMILES string of the molecule is CCOc1cc(/C=C2\SC(=Nc3cccc(C(=O)O)c3)N(CC)C2=O)ccc1OCc1ccccc1. The van der Waals surface area contributed by atoms with Crippen LogP contribution in [0.3, 0.4) is 0 Å². The summed E-state index contributed by atoms with van der Waals surface area (Å²) >= 11 is 1.25. The molecule has 0 radical (unpaired) electrons. The molecule has 0 aliphatic carbocycles. The van der Waals surface area contributed by atoms with Crippen molar-refractivity contribution in [2.45, 2.75) is 20.5 Å². The molecule has 1 aliphatic heterocycles. The van der Waals surface area contributed by atoms with Gasteiger partial charge in [0.05, 0.1) is 22.8 Å². The number of carbonyl (C=O) groups is 2. The molecule has 0 saturated carbocycles. The predicted molar refractivity (Wildman–Crippen MR) is 142 cm³/mol. The quantitative estimate of drug-likeness (QED) is 0.362. The van der Waals surface area contributed by atoms with Gasteiger partial charge in [-0.05, 0) is 73.1 Å². The van der Waals surface area contributed by atoms with Crippen molar-refractivity contribution in [3.05, 3.63) is 94.4 Å². The number of hydrogen-bond donors (Lipinski definition) is 1. The van der Waals surface area contributed by atoms with Crippen molar-refractivity contribution >= 4 is 40.6 Å². The lowest BCUT2D eigenvalue weighted by Gasteiger charge is -2.13. The van der Waals surface area contributed by atoms with Gasteiger partial charge in [-0.1, -0.05) is 42.5 Å². The first-order valence-electron chi connectivity index (χ1n) is 11.6. The number of amides is 1. The second-order valence-electron chi connectivity index (χ2n) is 7.82. The van der Waals surface area contributed by atoms with E-state index >= 15 is 0 Å². The normalized spacial score (nSPS) is 15.5. The average molecular weight is 503 g/mol. The van der Waals surface area contributed by atoms with Crippen molar-refractivity contribution in [1.82, 2.24) is 4.90 Å². The summed E-state index contributed by atoms with van der Waals surface area (Å²) in [4.78, 5) is 31.0. The molecule has 3 aromatic carbocycles. The topological polar surface area (TPSA) is 88.4 Å². The van der Waals surface area contributed by atoms with Gasteiger partial charge in [0.2, 0.25) is 0 Å². The van der Waals surface area contributed by atoms with Crippen LogP contribution in [0.2, 0.25) is 0 Å². The summed E-state index contributed by atoms with van der Waals surface area (Å²) < 4.78 is 11.8. The highest BCUT2D eigenvalue weighted by Gasteiger charge is 2.32. The molecule has 1 N–H and O–H groups in total. The van der Waals surface area contributed by atoms with Gasteiger partial charge in [0.15, 0.2) is 16.7 Å². The Hall–Kier alpha value is -4.04. The summed E-state index contributed by atoms with van der Waals surface area (Å²) in [6, 6.07) is 21.8. The summed E-state index contributed by atoms with van der Waals surface area (Å²) in [6.07, 6.45) is 1.80. The Morgan fingerprint density at radius 3 is 2.53 bits per heavy atom. The van der Waals surface area contributed by atoms with Gasteiger partial charge in [0.25, 0.3) is 5.91 Å². The number of hydrogen-bond acceptors (Lipinski definition) is 6. The van der Waals surface area contributed by atoms with Crippen molar-refractivity contribution in [2.75, 3.05) is 13.2 Å². The van der Waals surface area contributed by atoms with Crippen LogP contribution in [0.15, 0.2) is 82.7 Å². The molecular formula is C28H26N2O5S. The van der Waals surface area contributed by atoms with Gasteiger partial charge in [0, 0.05) is 6.54 Å². The maximum atomic E-state index is 13.1. The van der Waals surface area contributed by atoms with E-state index in [9.17, 15) is 14.7 Å². The van der Waals surface area contributed by atoms with Crippen LogP contribution in [0.4, 0.5) is 5.69 Å². The number of nitrogens with zero attached hydrogens (tertiary/aromatic N) is 2. The second kappa shape index (κ2) is 11.6. The fourth-order valence-electron chi connectivity index (χ4n) is 3.58. The Labute approximate surface area is 214 Å². The monoisotopic (exact) mass is 502 g/mol. The maximum Gasteiger partial charge on any atom is 0.335 e. The summed E-state index contributed by atoms with van der Waals surface area (Å²) in [7, 11) is 0. The Kier molecular flexibility index (Phi) is 8.07.